The van der Waals surface area contributed by atoms with Crippen LogP contribution in [-0.4, -0.2) is 10.9 Å². The highest BCUT2D eigenvalue weighted by Gasteiger charge is 2.30. The number of fused-ring (bicyclic) bond motifs is 1. The van der Waals surface area contributed by atoms with Gasteiger partial charge in [-0.05, 0) is 35.4 Å². The molecule has 16 heavy (non-hydrogen) atoms. The van der Waals surface area contributed by atoms with E-state index in [1.807, 2.05) is 0 Å². The fraction of sp³-hybridized carbons (Fsp3) is 0.600. The van der Waals surface area contributed by atoms with Crippen molar-refractivity contribution in [2.24, 2.45) is 0 Å². The molecule has 0 N–H and O–H groups in total. The van der Waals surface area contributed by atoms with E-state index in [9.17, 15) is 0 Å². The Kier molecular flexibility index (Phi) is 2.51. The van der Waals surface area contributed by atoms with Crippen molar-refractivity contribution in [2.45, 2.75) is 58.2 Å². The molecule has 0 amide bonds. The molecule has 1 fully saturated rings. The Morgan fingerprint density at radius 1 is 1.19 bits per heavy atom. The largest absolute Gasteiger partial charge is 0.292 e. The molecule has 1 heteroatoms. The summed E-state index contributed by atoms with van der Waals surface area (Å²) in [5.74, 6) is 0.663. The summed E-state index contributed by atoms with van der Waals surface area (Å²) in [6.07, 6.45) is 4.28. The van der Waals surface area contributed by atoms with E-state index in [-0.39, 0.29) is 0 Å². The van der Waals surface area contributed by atoms with Gasteiger partial charge in [0.2, 0.25) is 0 Å². The first-order chi connectivity index (χ1) is 7.75. The molecule has 1 nitrogen and oxygen atoms in total. The van der Waals surface area contributed by atoms with Crippen LogP contribution in [0.1, 0.15) is 55.7 Å². The van der Waals surface area contributed by atoms with Gasteiger partial charge in [-0.25, -0.2) is 0 Å². The van der Waals surface area contributed by atoms with Gasteiger partial charge in [-0.2, -0.15) is 0 Å². The highest BCUT2D eigenvalue weighted by molar-refractivity contribution is 5.39. The first-order valence-corrected chi connectivity index (χ1v) is 6.60. The van der Waals surface area contributed by atoms with E-state index >= 15 is 0 Å². The molecule has 1 aromatic carbocycles. The van der Waals surface area contributed by atoms with Crippen molar-refractivity contribution in [1.82, 2.24) is 4.90 Å². The van der Waals surface area contributed by atoms with Gasteiger partial charge in [0.1, 0.15) is 0 Å². The third-order valence-corrected chi connectivity index (χ3v) is 4.26. The molecule has 3 rings (SSSR count). The lowest BCUT2D eigenvalue weighted by Crippen LogP contribution is -2.36. The van der Waals surface area contributed by atoms with Crippen LogP contribution in [0.3, 0.4) is 0 Å². The summed E-state index contributed by atoms with van der Waals surface area (Å²) >= 11 is 0. The van der Waals surface area contributed by atoms with Gasteiger partial charge in [-0.15, -0.1) is 0 Å². The lowest BCUT2D eigenvalue weighted by molar-refractivity contribution is 0.126. The molecule has 1 aliphatic carbocycles. The molecule has 0 atom stereocenters. The highest BCUT2D eigenvalue weighted by atomic mass is 15.2. The van der Waals surface area contributed by atoms with Gasteiger partial charge in [-0.1, -0.05) is 38.5 Å². The fourth-order valence-electron chi connectivity index (χ4n) is 3.02. The second-order valence-corrected chi connectivity index (χ2v) is 5.63. The Hall–Kier alpha value is -0.820. The van der Waals surface area contributed by atoms with E-state index < -0.39 is 0 Å². The SMILES string of the molecule is CC(C)c1cccc2c1CN(C1CCC1)C2. The van der Waals surface area contributed by atoms with Gasteiger partial charge in [0.25, 0.3) is 0 Å². The minimum atomic E-state index is 0.663. The number of rotatable bonds is 2. The Labute approximate surface area is 98.5 Å². The van der Waals surface area contributed by atoms with Crippen LogP contribution in [0.15, 0.2) is 18.2 Å². The van der Waals surface area contributed by atoms with E-state index in [0.717, 1.165) is 6.04 Å². The Morgan fingerprint density at radius 2 is 2.00 bits per heavy atom. The van der Waals surface area contributed by atoms with Crippen molar-refractivity contribution >= 4 is 0 Å². The summed E-state index contributed by atoms with van der Waals surface area (Å²) in [5, 5.41) is 0. The monoisotopic (exact) mass is 215 g/mol. The summed E-state index contributed by atoms with van der Waals surface area (Å²) in [7, 11) is 0. The molecule has 1 aliphatic heterocycles. The maximum Gasteiger partial charge on any atom is 0.0246 e. The van der Waals surface area contributed by atoms with E-state index in [4.69, 9.17) is 0 Å². The lowest BCUT2D eigenvalue weighted by Gasteiger charge is -2.34. The van der Waals surface area contributed by atoms with Gasteiger partial charge in [0.05, 0.1) is 0 Å². The van der Waals surface area contributed by atoms with Gasteiger partial charge in [0.15, 0.2) is 0 Å². The molecule has 1 saturated carbocycles. The van der Waals surface area contributed by atoms with Crippen molar-refractivity contribution in [3.8, 4) is 0 Å². The standard InChI is InChI=1S/C15H21N/c1-11(2)14-8-3-5-12-9-16(10-15(12)14)13-6-4-7-13/h3,5,8,11,13H,4,6-7,9-10H2,1-2H3. The first-order valence-electron chi connectivity index (χ1n) is 6.60. The van der Waals surface area contributed by atoms with Gasteiger partial charge < -0.3 is 0 Å². The van der Waals surface area contributed by atoms with Crippen molar-refractivity contribution in [1.29, 1.82) is 0 Å². The summed E-state index contributed by atoms with van der Waals surface area (Å²) < 4.78 is 0. The molecule has 0 aromatic heterocycles. The summed E-state index contributed by atoms with van der Waals surface area (Å²) in [6.45, 7) is 7.01. The molecule has 0 unspecified atom stereocenters. The van der Waals surface area contributed by atoms with E-state index in [1.54, 1.807) is 16.7 Å². The number of hydrogen-bond donors (Lipinski definition) is 0. The van der Waals surface area contributed by atoms with Crippen LogP contribution < -0.4 is 0 Å². The zero-order chi connectivity index (χ0) is 11.1. The average molecular weight is 215 g/mol. The van der Waals surface area contributed by atoms with Crippen LogP contribution >= 0.6 is 0 Å². The molecular weight excluding hydrogens is 194 g/mol. The van der Waals surface area contributed by atoms with Gasteiger partial charge >= 0.3 is 0 Å². The maximum absolute atomic E-state index is 2.68. The molecule has 1 heterocycles. The number of nitrogens with zero attached hydrogens (tertiary/aromatic N) is 1. The van der Waals surface area contributed by atoms with Crippen molar-refractivity contribution < 1.29 is 0 Å². The fourth-order valence-corrected chi connectivity index (χ4v) is 3.02. The quantitative estimate of drug-likeness (QED) is 0.727. The molecule has 0 spiro atoms. The number of benzene rings is 1. The maximum atomic E-state index is 2.68. The molecular formula is C15H21N. The zero-order valence-corrected chi connectivity index (χ0v) is 10.4. The third kappa shape index (κ3) is 1.58. The average Bonchev–Trinajstić information content (AvgIpc) is 2.56. The van der Waals surface area contributed by atoms with Gasteiger partial charge in [0, 0.05) is 19.1 Å². The lowest BCUT2D eigenvalue weighted by atomic mass is 9.91. The van der Waals surface area contributed by atoms with Crippen LogP contribution in [0.2, 0.25) is 0 Å². The Morgan fingerprint density at radius 3 is 2.62 bits per heavy atom. The first kappa shape index (κ1) is 10.3. The topological polar surface area (TPSA) is 3.24 Å². The molecule has 0 bridgehead atoms. The molecule has 0 saturated heterocycles. The summed E-state index contributed by atoms with van der Waals surface area (Å²) in [6, 6.07) is 7.75. The Bertz CT molecular complexity index is 390. The molecule has 1 aromatic rings. The summed E-state index contributed by atoms with van der Waals surface area (Å²) in [4.78, 5) is 2.68. The van der Waals surface area contributed by atoms with Crippen LogP contribution in [0.25, 0.3) is 0 Å². The molecule has 2 aliphatic rings. The van der Waals surface area contributed by atoms with Crippen LogP contribution in [0.4, 0.5) is 0 Å². The van der Waals surface area contributed by atoms with E-state index in [2.05, 4.69) is 36.9 Å². The van der Waals surface area contributed by atoms with Crippen LogP contribution in [0, 0.1) is 0 Å². The number of hydrogen-bond acceptors (Lipinski definition) is 1. The van der Waals surface area contributed by atoms with Crippen molar-refractivity contribution in [3.63, 3.8) is 0 Å². The predicted molar refractivity (Wildman–Crippen MR) is 67.4 cm³/mol. The van der Waals surface area contributed by atoms with Crippen molar-refractivity contribution in [2.75, 3.05) is 0 Å². The molecule has 0 radical (unpaired) electrons. The van der Waals surface area contributed by atoms with E-state index in [1.165, 1.54) is 32.4 Å². The van der Waals surface area contributed by atoms with Crippen molar-refractivity contribution in [3.05, 3.63) is 34.9 Å². The predicted octanol–water partition coefficient (Wildman–Crippen LogP) is 3.68. The highest BCUT2D eigenvalue weighted by Crippen LogP contribution is 2.35. The van der Waals surface area contributed by atoms with Crippen LogP contribution in [-0.2, 0) is 13.1 Å². The second kappa shape index (κ2) is 3.89. The van der Waals surface area contributed by atoms with Crippen LogP contribution in [0.5, 0.6) is 0 Å². The minimum Gasteiger partial charge on any atom is -0.292 e. The van der Waals surface area contributed by atoms with Gasteiger partial charge in [-0.3, -0.25) is 4.90 Å². The third-order valence-electron chi connectivity index (χ3n) is 4.26. The normalized spacial score (nSPS) is 21.2. The summed E-state index contributed by atoms with van der Waals surface area (Å²) in [5.41, 5.74) is 4.78. The smallest absolute Gasteiger partial charge is 0.0246 e. The second-order valence-electron chi connectivity index (χ2n) is 5.63. The molecule has 86 valence electrons. The Balaban J connectivity index is 1.87. The zero-order valence-electron chi connectivity index (χ0n) is 10.4. The minimum absolute atomic E-state index is 0.663. The van der Waals surface area contributed by atoms with E-state index in [0.29, 0.717) is 5.92 Å².